The minimum Gasteiger partial charge on any atom is -0.298 e. The second-order valence-electron chi connectivity index (χ2n) is 3.26. The minimum atomic E-state index is -0.520. The van der Waals surface area contributed by atoms with Crippen LogP contribution < -0.4 is 4.89 Å². The molecule has 0 amide bonds. The third-order valence-corrected chi connectivity index (χ3v) is 1.86. The number of carbonyl (C=O) groups excluding carboxylic acids is 2. The van der Waals surface area contributed by atoms with Crippen molar-refractivity contribution >= 4 is 12.3 Å². The molecule has 0 saturated heterocycles. The van der Waals surface area contributed by atoms with Crippen molar-refractivity contribution < 1.29 is 19.4 Å². The third-order valence-electron chi connectivity index (χ3n) is 1.86. The largest absolute Gasteiger partial charge is 0.352 e. The standard InChI is InChI=1S/C11H12O4/c1-7-4-10(6-12)5-8(2)11(7)15-14-9(3)13/h4-6H,1-3H3. The average molecular weight is 208 g/mol. The van der Waals surface area contributed by atoms with Gasteiger partial charge in [0.2, 0.25) is 0 Å². The molecule has 0 aromatic heterocycles. The van der Waals surface area contributed by atoms with E-state index in [0.717, 1.165) is 17.4 Å². The summed E-state index contributed by atoms with van der Waals surface area (Å²) in [5.74, 6) is -0.0518. The molecule has 0 atom stereocenters. The first-order chi connectivity index (χ1) is 7.04. The molecular formula is C11H12O4. The Hall–Kier alpha value is -1.84. The van der Waals surface area contributed by atoms with Crippen molar-refractivity contribution in [1.82, 2.24) is 0 Å². The fraction of sp³-hybridized carbons (Fsp3) is 0.273. The van der Waals surface area contributed by atoms with Gasteiger partial charge in [0, 0.05) is 12.5 Å². The highest BCUT2D eigenvalue weighted by atomic mass is 17.2. The number of hydrogen-bond donors (Lipinski definition) is 0. The maximum atomic E-state index is 10.6. The summed E-state index contributed by atoms with van der Waals surface area (Å²) in [4.78, 5) is 30.4. The predicted molar refractivity (Wildman–Crippen MR) is 53.7 cm³/mol. The highest BCUT2D eigenvalue weighted by Crippen LogP contribution is 2.24. The number of rotatable bonds is 3. The molecule has 0 unspecified atom stereocenters. The summed E-state index contributed by atoms with van der Waals surface area (Å²) < 4.78 is 0. The highest BCUT2D eigenvalue weighted by Gasteiger charge is 2.08. The monoisotopic (exact) mass is 208 g/mol. The van der Waals surface area contributed by atoms with Gasteiger partial charge in [-0.2, -0.15) is 0 Å². The summed E-state index contributed by atoms with van der Waals surface area (Å²) in [6.07, 6.45) is 0.760. The Morgan fingerprint density at radius 3 is 2.20 bits per heavy atom. The number of aryl methyl sites for hydroxylation is 2. The normalized spacial score (nSPS) is 9.53. The predicted octanol–water partition coefficient (Wildman–Crippen LogP) is 1.97. The lowest BCUT2D eigenvalue weighted by Gasteiger charge is -2.09. The van der Waals surface area contributed by atoms with Gasteiger partial charge in [-0.25, -0.2) is 4.79 Å². The molecule has 0 radical (unpaired) electrons. The molecular weight excluding hydrogens is 196 g/mol. The second-order valence-corrected chi connectivity index (χ2v) is 3.26. The number of aldehydes is 1. The summed E-state index contributed by atoms with van der Waals surface area (Å²) in [6, 6.07) is 3.33. The van der Waals surface area contributed by atoms with Crippen LogP contribution in [0.4, 0.5) is 0 Å². The van der Waals surface area contributed by atoms with Gasteiger partial charge in [-0.15, -0.1) is 0 Å². The molecule has 0 aliphatic carbocycles. The first-order valence-electron chi connectivity index (χ1n) is 4.46. The van der Waals surface area contributed by atoms with Crippen LogP contribution in [0.3, 0.4) is 0 Å². The van der Waals surface area contributed by atoms with Crippen LogP contribution in [-0.2, 0) is 9.68 Å². The van der Waals surface area contributed by atoms with Crippen LogP contribution in [-0.4, -0.2) is 12.3 Å². The van der Waals surface area contributed by atoms with Gasteiger partial charge in [-0.3, -0.25) is 14.6 Å². The van der Waals surface area contributed by atoms with Crippen molar-refractivity contribution in [3.8, 4) is 5.75 Å². The van der Waals surface area contributed by atoms with Crippen LogP contribution in [0.25, 0.3) is 0 Å². The molecule has 0 heterocycles. The van der Waals surface area contributed by atoms with E-state index in [1.807, 2.05) is 0 Å². The van der Waals surface area contributed by atoms with Crippen molar-refractivity contribution in [2.75, 3.05) is 0 Å². The number of carbonyl (C=O) groups is 2. The number of benzene rings is 1. The van der Waals surface area contributed by atoms with Gasteiger partial charge in [0.05, 0.1) is 0 Å². The van der Waals surface area contributed by atoms with Crippen molar-refractivity contribution in [2.24, 2.45) is 0 Å². The summed E-state index contributed by atoms with van der Waals surface area (Å²) in [6.45, 7) is 4.81. The summed E-state index contributed by atoms with van der Waals surface area (Å²) in [5.41, 5.74) is 2.07. The lowest BCUT2D eigenvalue weighted by Crippen LogP contribution is -2.05. The molecule has 80 valence electrons. The fourth-order valence-corrected chi connectivity index (χ4v) is 1.28. The maximum absolute atomic E-state index is 10.6. The van der Waals surface area contributed by atoms with Gasteiger partial charge in [-0.05, 0) is 37.1 Å². The molecule has 0 fully saturated rings. The molecule has 1 aromatic carbocycles. The summed E-state index contributed by atoms with van der Waals surface area (Å²) in [5, 5.41) is 0. The molecule has 0 aliphatic rings. The third kappa shape index (κ3) is 2.80. The van der Waals surface area contributed by atoms with Gasteiger partial charge in [0.1, 0.15) is 6.29 Å². The molecule has 15 heavy (non-hydrogen) atoms. The van der Waals surface area contributed by atoms with Gasteiger partial charge in [0.15, 0.2) is 5.75 Å². The van der Waals surface area contributed by atoms with Crippen molar-refractivity contribution in [3.63, 3.8) is 0 Å². The Labute approximate surface area is 87.7 Å². The van der Waals surface area contributed by atoms with Crippen LogP contribution in [0.1, 0.15) is 28.4 Å². The smallest absolute Gasteiger partial charge is 0.298 e. The summed E-state index contributed by atoms with van der Waals surface area (Å²) >= 11 is 0. The number of hydrogen-bond acceptors (Lipinski definition) is 4. The summed E-state index contributed by atoms with van der Waals surface area (Å²) in [7, 11) is 0. The van der Waals surface area contributed by atoms with E-state index in [2.05, 4.69) is 4.89 Å². The minimum absolute atomic E-state index is 0.468. The first-order valence-corrected chi connectivity index (χ1v) is 4.46. The van der Waals surface area contributed by atoms with Gasteiger partial charge in [-0.1, -0.05) is 0 Å². The molecule has 0 saturated carbocycles. The van der Waals surface area contributed by atoms with E-state index < -0.39 is 5.97 Å². The zero-order valence-electron chi connectivity index (χ0n) is 8.87. The SMILES string of the molecule is CC(=O)OOc1c(C)cc(C=O)cc1C. The Morgan fingerprint density at radius 2 is 1.80 bits per heavy atom. The Bertz CT molecular complexity index is 373. The van der Waals surface area contributed by atoms with Gasteiger partial charge in [0.25, 0.3) is 0 Å². The molecule has 4 heteroatoms. The topological polar surface area (TPSA) is 52.6 Å². The van der Waals surface area contributed by atoms with E-state index in [-0.39, 0.29) is 0 Å². The van der Waals surface area contributed by atoms with Gasteiger partial charge < -0.3 is 0 Å². The Balaban J connectivity index is 2.97. The molecule has 0 bridgehead atoms. The maximum Gasteiger partial charge on any atom is 0.352 e. The van der Waals surface area contributed by atoms with Crippen LogP contribution in [0.15, 0.2) is 12.1 Å². The Morgan fingerprint density at radius 1 is 1.27 bits per heavy atom. The average Bonchev–Trinajstić information content (AvgIpc) is 2.15. The van der Waals surface area contributed by atoms with Crippen LogP contribution in [0, 0.1) is 13.8 Å². The molecule has 4 nitrogen and oxygen atoms in total. The zero-order chi connectivity index (χ0) is 11.4. The lowest BCUT2D eigenvalue weighted by atomic mass is 10.1. The fourth-order valence-electron chi connectivity index (χ4n) is 1.28. The Kier molecular flexibility index (Phi) is 3.44. The molecule has 1 rings (SSSR count). The van der Waals surface area contributed by atoms with Crippen LogP contribution >= 0.6 is 0 Å². The van der Waals surface area contributed by atoms with Crippen LogP contribution in [0.5, 0.6) is 5.75 Å². The van der Waals surface area contributed by atoms with Crippen LogP contribution in [0.2, 0.25) is 0 Å². The van der Waals surface area contributed by atoms with Crippen molar-refractivity contribution in [3.05, 3.63) is 28.8 Å². The van der Waals surface area contributed by atoms with E-state index in [9.17, 15) is 9.59 Å². The lowest BCUT2D eigenvalue weighted by molar-refractivity contribution is -0.211. The first kappa shape index (κ1) is 11.2. The van der Waals surface area contributed by atoms with Gasteiger partial charge >= 0.3 is 5.97 Å². The highest BCUT2D eigenvalue weighted by molar-refractivity contribution is 5.76. The van der Waals surface area contributed by atoms with E-state index in [1.54, 1.807) is 26.0 Å². The molecule has 1 aromatic rings. The quantitative estimate of drug-likeness (QED) is 0.433. The van der Waals surface area contributed by atoms with E-state index in [4.69, 9.17) is 4.89 Å². The van der Waals surface area contributed by atoms with E-state index >= 15 is 0 Å². The van der Waals surface area contributed by atoms with Crippen molar-refractivity contribution in [1.29, 1.82) is 0 Å². The molecule has 0 N–H and O–H groups in total. The zero-order valence-corrected chi connectivity index (χ0v) is 8.87. The molecule has 0 aliphatic heterocycles. The van der Waals surface area contributed by atoms with E-state index in [1.165, 1.54) is 6.92 Å². The van der Waals surface area contributed by atoms with E-state index in [0.29, 0.717) is 11.3 Å². The van der Waals surface area contributed by atoms with Crippen molar-refractivity contribution in [2.45, 2.75) is 20.8 Å². The second kappa shape index (κ2) is 4.59. The molecule has 0 spiro atoms.